The van der Waals surface area contributed by atoms with Crippen molar-refractivity contribution in [1.29, 1.82) is 0 Å². The molecule has 94 valence electrons. The summed E-state index contributed by atoms with van der Waals surface area (Å²) in [5.74, 6) is 0. The Balaban J connectivity index is 1.92. The molecule has 0 spiro atoms. The molecule has 1 aromatic carbocycles. The summed E-state index contributed by atoms with van der Waals surface area (Å²) >= 11 is 0. The van der Waals surface area contributed by atoms with Gasteiger partial charge in [0.05, 0.1) is 0 Å². The lowest BCUT2D eigenvalue weighted by Crippen LogP contribution is -2.17. The number of methoxy groups -OCH3 is 1. The Morgan fingerprint density at radius 2 is 2.18 bits per heavy atom. The molecule has 0 heterocycles. The summed E-state index contributed by atoms with van der Waals surface area (Å²) in [5, 5.41) is 3.53. The maximum Gasteiger partial charge on any atom is 0.0468 e. The lowest BCUT2D eigenvalue weighted by Gasteiger charge is -2.18. The van der Waals surface area contributed by atoms with E-state index in [1.54, 1.807) is 7.11 Å². The summed E-state index contributed by atoms with van der Waals surface area (Å²) in [5.41, 5.74) is 9.53. The predicted molar refractivity (Wildman–Crippen MR) is 72.2 cm³/mol. The van der Waals surface area contributed by atoms with Crippen LogP contribution in [-0.2, 0) is 4.74 Å². The molecule has 0 aromatic heterocycles. The van der Waals surface area contributed by atoms with E-state index in [1.165, 1.54) is 12.8 Å². The summed E-state index contributed by atoms with van der Waals surface area (Å²) in [6.45, 7) is 3.95. The van der Waals surface area contributed by atoms with E-state index < -0.39 is 0 Å². The van der Waals surface area contributed by atoms with Gasteiger partial charge in [0.1, 0.15) is 0 Å². The van der Waals surface area contributed by atoms with Crippen molar-refractivity contribution < 1.29 is 4.74 Å². The van der Waals surface area contributed by atoms with Crippen LogP contribution in [0.1, 0.15) is 24.8 Å². The third kappa shape index (κ3) is 2.91. The fourth-order valence-electron chi connectivity index (χ4n) is 2.14. The van der Waals surface area contributed by atoms with E-state index in [9.17, 15) is 0 Å². The Labute approximate surface area is 103 Å². The zero-order valence-electron chi connectivity index (χ0n) is 10.8. The van der Waals surface area contributed by atoms with Gasteiger partial charge in [0, 0.05) is 31.6 Å². The van der Waals surface area contributed by atoms with Gasteiger partial charge in [0.25, 0.3) is 0 Å². The second-order valence-corrected chi connectivity index (χ2v) is 5.12. The van der Waals surface area contributed by atoms with Gasteiger partial charge in [0.15, 0.2) is 0 Å². The zero-order chi connectivity index (χ0) is 12.3. The average molecular weight is 234 g/mol. The van der Waals surface area contributed by atoms with Crippen molar-refractivity contribution in [1.82, 2.24) is 0 Å². The maximum absolute atomic E-state index is 5.90. The number of ether oxygens (including phenoxy) is 1. The van der Waals surface area contributed by atoms with Crippen LogP contribution in [0.3, 0.4) is 0 Å². The molecule has 1 aliphatic rings. The Kier molecular flexibility index (Phi) is 3.57. The molecule has 3 heteroatoms. The highest BCUT2D eigenvalue weighted by Crippen LogP contribution is 2.48. The van der Waals surface area contributed by atoms with E-state index in [4.69, 9.17) is 10.5 Å². The van der Waals surface area contributed by atoms with Crippen molar-refractivity contribution in [2.24, 2.45) is 5.41 Å². The molecular formula is C14H22N2O. The fraction of sp³-hybridized carbons (Fsp3) is 0.571. The molecular weight excluding hydrogens is 212 g/mol. The first-order valence-electron chi connectivity index (χ1n) is 6.25. The molecule has 0 radical (unpaired) electrons. The second-order valence-electron chi connectivity index (χ2n) is 5.12. The molecule has 3 nitrogen and oxygen atoms in total. The van der Waals surface area contributed by atoms with Crippen molar-refractivity contribution >= 4 is 11.4 Å². The number of benzene rings is 1. The highest BCUT2D eigenvalue weighted by Gasteiger charge is 2.41. The number of nitrogen functional groups attached to an aromatic ring is 1. The van der Waals surface area contributed by atoms with Crippen LogP contribution in [0.25, 0.3) is 0 Å². The highest BCUT2D eigenvalue weighted by atomic mass is 16.5. The molecule has 1 aliphatic carbocycles. The first-order valence-corrected chi connectivity index (χ1v) is 6.25. The maximum atomic E-state index is 5.90. The van der Waals surface area contributed by atoms with Gasteiger partial charge in [-0.25, -0.2) is 0 Å². The normalized spacial score (nSPS) is 16.8. The van der Waals surface area contributed by atoms with Crippen molar-refractivity contribution in [2.45, 2.75) is 26.2 Å². The minimum Gasteiger partial charge on any atom is -0.398 e. The topological polar surface area (TPSA) is 47.3 Å². The van der Waals surface area contributed by atoms with Gasteiger partial charge in [-0.1, -0.05) is 6.07 Å². The molecule has 2 rings (SSSR count). The molecule has 0 amide bonds. The number of nitrogens with one attached hydrogen (secondary N) is 1. The first-order chi connectivity index (χ1) is 8.17. The van der Waals surface area contributed by atoms with Gasteiger partial charge >= 0.3 is 0 Å². The number of hydrogen-bond donors (Lipinski definition) is 2. The highest BCUT2D eigenvalue weighted by molar-refractivity contribution is 5.62. The molecule has 17 heavy (non-hydrogen) atoms. The molecule has 1 saturated carbocycles. The molecule has 1 fully saturated rings. The quantitative estimate of drug-likeness (QED) is 0.744. The number of anilines is 2. The van der Waals surface area contributed by atoms with E-state index >= 15 is 0 Å². The summed E-state index contributed by atoms with van der Waals surface area (Å²) in [6, 6.07) is 6.04. The van der Waals surface area contributed by atoms with Gasteiger partial charge in [-0.2, -0.15) is 0 Å². The minimum absolute atomic E-state index is 0.465. The van der Waals surface area contributed by atoms with Crippen molar-refractivity contribution in [3.63, 3.8) is 0 Å². The summed E-state index contributed by atoms with van der Waals surface area (Å²) in [6.07, 6.45) is 3.77. The third-order valence-electron chi connectivity index (χ3n) is 3.82. The number of nitrogens with two attached hydrogens (primary N) is 1. The van der Waals surface area contributed by atoms with E-state index in [2.05, 4.69) is 18.3 Å². The van der Waals surface area contributed by atoms with Crippen molar-refractivity contribution in [3.8, 4) is 0 Å². The van der Waals surface area contributed by atoms with E-state index in [0.29, 0.717) is 5.41 Å². The van der Waals surface area contributed by atoms with Crippen molar-refractivity contribution in [3.05, 3.63) is 23.8 Å². The summed E-state index contributed by atoms with van der Waals surface area (Å²) in [4.78, 5) is 0. The monoisotopic (exact) mass is 234 g/mol. The number of hydrogen-bond acceptors (Lipinski definition) is 3. The standard InChI is InChI=1S/C14H22N2O/c1-11-12(15)4-3-5-13(11)16-10-14(6-7-14)8-9-17-2/h3-5,16H,6-10,15H2,1-2H3. The molecule has 0 bridgehead atoms. The van der Waals surface area contributed by atoms with E-state index in [0.717, 1.165) is 36.5 Å². The van der Waals surface area contributed by atoms with Crippen LogP contribution >= 0.6 is 0 Å². The lowest BCUT2D eigenvalue weighted by atomic mass is 10.0. The largest absolute Gasteiger partial charge is 0.398 e. The fourth-order valence-corrected chi connectivity index (χ4v) is 2.14. The van der Waals surface area contributed by atoms with Crippen LogP contribution in [-0.4, -0.2) is 20.3 Å². The Hall–Kier alpha value is -1.22. The molecule has 0 saturated heterocycles. The smallest absolute Gasteiger partial charge is 0.0468 e. The molecule has 1 aromatic rings. The Morgan fingerprint density at radius 1 is 1.41 bits per heavy atom. The van der Waals surface area contributed by atoms with Crippen LogP contribution < -0.4 is 11.1 Å². The van der Waals surface area contributed by atoms with Crippen LogP contribution in [0, 0.1) is 12.3 Å². The van der Waals surface area contributed by atoms with Gasteiger partial charge in [-0.15, -0.1) is 0 Å². The summed E-state index contributed by atoms with van der Waals surface area (Å²) < 4.78 is 5.16. The first kappa shape index (κ1) is 12.2. The van der Waals surface area contributed by atoms with Gasteiger partial charge < -0.3 is 15.8 Å². The van der Waals surface area contributed by atoms with E-state index in [1.807, 2.05) is 12.1 Å². The molecule has 0 atom stereocenters. The lowest BCUT2D eigenvalue weighted by molar-refractivity contribution is 0.175. The predicted octanol–water partition coefficient (Wildman–Crippen LogP) is 2.81. The summed E-state index contributed by atoms with van der Waals surface area (Å²) in [7, 11) is 1.77. The Bertz CT molecular complexity index is 386. The molecule has 3 N–H and O–H groups in total. The minimum atomic E-state index is 0.465. The zero-order valence-corrected chi connectivity index (χ0v) is 10.8. The van der Waals surface area contributed by atoms with Gasteiger partial charge in [-0.05, 0) is 49.3 Å². The third-order valence-corrected chi connectivity index (χ3v) is 3.82. The average Bonchev–Trinajstić information content (AvgIpc) is 3.09. The molecule has 0 unspecified atom stereocenters. The second kappa shape index (κ2) is 4.96. The van der Waals surface area contributed by atoms with Gasteiger partial charge in [0.2, 0.25) is 0 Å². The van der Waals surface area contributed by atoms with Crippen LogP contribution in [0.15, 0.2) is 18.2 Å². The Morgan fingerprint density at radius 3 is 2.82 bits per heavy atom. The van der Waals surface area contributed by atoms with Crippen LogP contribution in [0.5, 0.6) is 0 Å². The number of rotatable bonds is 6. The van der Waals surface area contributed by atoms with Crippen molar-refractivity contribution in [2.75, 3.05) is 31.3 Å². The molecule has 0 aliphatic heterocycles. The SMILES string of the molecule is COCCC1(CNc2cccc(N)c2C)CC1. The van der Waals surface area contributed by atoms with E-state index in [-0.39, 0.29) is 0 Å². The van der Waals surface area contributed by atoms with Crippen LogP contribution in [0.2, 0.25) is 0 Å². The van der Waals surface area contributed by atoms with Gasteiger partial charge in [-0.3, -0.25) is 0 Å². The van der Waals surface area contributed by atoms with Crippen LogP contribution in [0.4, 0.5) is 11.4 Å².